The largest absolute Gasteiger partial charge is 0.462 e. The number of nitrogens with zero attached hydrogens (tertiary/aromatic N) is 1. The minimum atomic E-state index is -0.832. The first-order valence-electron chi connectivity index (χ1n) is 9.92. The van der Waals surface area contributed by atoms with Gasteiger partial charge in [-0.15, -0.1) is 0 Å². The number of carbonyl (C=O) groups is 4. The quantitative estimate of drug-likeness (QED) is 0.340. The van der Waals surface area contributed by atoms with E-state index in [9.17, 15) is 19.2 Å². The van der Waals surface area contributed by atoms with Crippen molar-refractivity contribution < 1.29 is 28.3 Å². The predicted octanol–water partition coefficient (Wildman–Crippen LogP) is 4.44. The van der Waals surface area contributed by atoms with Crippen LogP contribution in [0.2, 0.25) is 5.02 Å². The lowest BCUT2D eigenvalue weighted by atomic mass is 10.1. The van der Waals surface area contributed by atoms with Crippen LogP contribution in [0.1, 0.15) is 23.0 Å². The molecule has 0 aliphatic carbocycles. The van der Waals surface area contributed by atoms with E-state index in [1.807, 2.05) is 0 Å². The Labute approximate surface area is 193 Å². The predicted molar refractivity (Wildman–Crippen MR) is 121 cm³/mol. The van der Waals surface area contributed by atoms with Gasteiger partial charge in [0.1, 0.15) is 17.1 Å². The summed E-state index contributed by atoms with van der Waals surface area (Å²) in [4.78, 5) is 50.5. The zero-order chi connectivity index (χ0) is 23.5. The van der Waals surface area contributed by atoms with Crippen molar-refractivity contribution in [1.29, 1.82) is 0 Å². The first kappa shape index (κ1) is 22.0. The second-order valence-electron chi connectivity index (χ2n) is 6.91. The zero-order valence-corrected chi connectivity index (χ0v) is 18.1. The zero-order valence-electron chi connectivity index (χ0n) is 17.3. The molecule has 4 rings (SSSR count). The van der Waals surface area contributed by atoms with Crippen LogP contribution in [0.15, 0.2) is 70.7 Å². The fourth-order valence-corrected chi connectivity index (χ4v) is 3.44. The number of halogens is 1. The molecule has 0 bridgehead atoms. The minimum absolute atomic E-state index is 0.186. The minimum Gasteiger partial charge on any atom is -0.462 e. The van der Waals surface area contributed by atoms with Gasteiger partial charge in [0.05, 0.1) is 22.9 Å². The van der Waals surface area contributed by atoms with Gasteiger partial charge in [0.15, 0.2) is 0 Å². The van der Waals surface area contributed by atoms with Crippen LogP contribution in [0.4, 0.5) is 10.5 Å². The summed E-state index contributed by atoms with van der Waals surface area (Å²) >= 11 is 6.10. The van der Waals surface area contributed by atoms with Crippen molar-refractivity contribution in [1.82, 2.24) is 5.32 Å². The van der Waals surface area contributed by atoms with Crippen LogP contribution in [0.5, 0.6) is 0 Å². The fraction of sp³-hybridized carbons (Fsp3) is 0.0833. The number of amides is 4. The molecule has 1 aliphatic heterocycles. The number of carbonyl (C=O) groups excluding carboxylic acids is 4. The number of urea groups is 1. The Morgan fingerprint density at radius 2 is 1.85 bits per heavy atom. The highest BCUT2D eigenvalue weighted by molar-refractivity contribution is 6.39. The van der Waals surface area contributed by atoms with Gasteiger partial charge in [0, 0.05) is 5.56 Å². The molecule has 0 saturated carbocycles. The summed E-state index contributed by atoms with van der Waals surface area (Å²) in [6.45, 7) is 1.90. The Morgan fingerprint density at radius 1 is 1.09 bits per heavy atom. The topological polar surface area (TPSA) is 106 Å². The van der Waals surface area contributed by atoms with E-state index in [0.29, 0.717) is 17.0 Å². The maximum absolute atomic E-state index is 12.9. The van der Waals surface area contributed by atoms with Crippen LogP contribution < -0.4 is 10.2 Å². The Morgan fingerprint density at radius 3 is 2.58 bits per heavy atom. The van der Waals surface area contributed by atoms with Gasteiger partial charge in [-0.1, -0.05) is 29.8 Å². The third-order valence-corrected chi connectivity index (χ3v) is 5.11. The SMILES string of the molecule is CCOC(=O)c1cc(-c2ccc(/C=C3\C(=O)NC(=O)N(c4ccccc4)C3=O)o2)ccc1Cl. The van der Waals surface area contributed by atoms with E-state index in [1.54, 1.807) is 61.5 Å². The Balaban J connectivity index is 1.65. The van der Waals surface area contributed by atoms with E-state index < -0.39 is 23.8 Å². The number of para-hydroxylation sites is 1. The highest BCUT2D eigenvalue weighted by atomic mass is 35.5. The lowest BCUT2D eigenvalue weighted by molar-refractivity contribution is -0.122. The molecule has 1 N–H and O–H groups in total. The summed E-state index contributed by atoms with van der Waals surface area (Å²) < 4.78 is 10.8. The number of rotatable bonds is 5. The third-order valence-electron chi connectivity index (χ3n) is 4.78. The van der Waals surface area contributed by atoms with E-state index >= 15 is 0 Å². The molecule has 33 heavy (non-hydrogen) atoms. The average Bonchev–Trinajstić information content (AvgIpc) is 3.26. The van der Waals surface area contributed by atoms with Crippen molar-refractivity contribution in [2.75, 3.05) is 11.5 Å². The van der Waals surface area contributed by atoms with Gasteiger partial charge in [-0.05, 0) is 55.5 Å². The number of benzene rings is 2. The van der Waals surface area contributed by atoms with Crippen LogP contribution >= 0.6 is 11.6 Å². The number of hydrogen-bond acceptors (Lipinski definition) is 6. The van der Waals surface area contributed by atoms with Gasteiger partial charge in [0.25, 0.3) is 11.8 Å². The van der Waals surface area contributed by atoms with Gasteiger partial charge in [0.2, 0.25) is 0 Å². The molecule has 1 fully saturated rings. The van der Waals surface area contributed by atoms with Crippen molar-refractivity contribution in [3.05, 3.63) is 82.6 Å². The molecule has 9 heteroatoms. The number of furan rings is 1. The Hall–Kier alpha value is -4.17. The average molecular weight is 465 g/mol. The second kappa shape index (κ2) is 9.13. The second-order valence-corrected chi connectivity index (χ2v) is 7.32. The summed E-state index contributed by atoms with van der Waals surface area (Å²) in [5, 5.41) is 2.39. The number of ether oxygens (including phenoxy) is 1. The van der Waals surface area contributed by atoms with Gasteiger partial charge in [-0.25, -0.2) is 14.5 Å². The summed E-state index contributed by atoms with van der Waals surface area (Å²) in [6, 6.07) is 15.3. The number of nitrogens with one attached hydrogen (secondary N) is 1. The lowest BCUT2D eigenvalue weighted by Gasteiger charge is -2.26. The fourth-order valence-electron chi connectivity index (χ4n) is 3.24. The van der Waals surface area contributed by atoms with Gasteiger partial charge >= 0.3 is 12.0 Å². The molecule has 1 saturated heterocycles. The molecule has 1 aliphatic rings. The number of imide groups is 2. The van der Waals surface area contributed by atoms with Crippen LogP contribution in [0.3, 0.4) is 0 Å². The normalized spacial score (nSPS) is 15.0. The van der Waals surface area contributed by atoms with Crippen LogP contribution in [-0.2, 0) is 14.3 Å². The monoisotopic (exact) mass is 464 g/mol. The third kappa shape index (κ3) is 4.42. The van der Waals surface area contributed by atoms with Gasteiger partial charge in [-0.3, -0.25) is 14.9 Å². The molecular formula is C24H17ClN2O6. The first-order valence-corrected chi connectivity index (χ1v) is 10.3. The molecule has 3 aromatic rings. The van der Waals surface area contributed by atoms with Gasteiger partial charge < -0.3 is 9.15 Å². The summed E-state index contributed by atoms with van der Waals surface area (Å²) in [7, 11) is 0. The number of hydrogen-bond donors (Lipinski definition) is 1. The standard InChI is InChI=1S/C24H17ClN2O6/c1-2-32-23(30)17-12-14(8-10-19(17)25)20-11-9-16(33-20)13-18-21(28)26-24(31)27(22(18)29)15-6-4-3-5-7-15/h3-13H,2H2,1H3,(H,26,28,31)/b18-13+. The van der Waals surface area contributed by atoms with Crippen molar-refractivity contribution in [2.24, 2.45) is 0 Å². The summed E-state index contributed by atoms with van der Waals surface area (Å²) in [5.74, 6) is -1.58. The summed E-state index contributed by atoms with van der Waals surface area (Å²) in [6.07, 6.45) is 1.26. The van der Waals surface area contributed by atoms with Crippen molar-refractivity contribution >= 4 is 47.2 Å². The first-order chi connectivity index (χ1) is 15.9. The maximum atomic E-state index is 12.9. The van der Waals surface area contributed by atoms with Gasteiger partial charge in [-0.2, -0.15) is 0 Å². The maximum Gasteiger partial charge on any atom is 0.339 e. The number of barbiturate groups is 1. The molecule has 0 atom stereocenters. The van der Waals surface area contributed by atoms with Crippen molar-refractivity contribution in [3.63, 3.8) is 0 Å². The molecular weight excluding hydrogens is 448 g/mol. The molecule has 166 valence electrons. The number of anilines is 1. The van der Waals surface area contributed by atoms with Crippen molar-refractivity contribution in [2.45, 2.75) is 6.92 Å². The molecule has 4 amide bonds. The lowest BCUT2D eigenvalue weighted by Crippen LogP contribution is -2.54. The molecule has 8 nitrogen and oxygen atoms in total. The molecule has 1 aromatic heterocycles. The molecule has 2 heterocycles. The van der Waals surface area contributed by atoms with Crippen LogP contribution in [0, 0.1) is 0 Å². The Bertz CT molecular complexity index is 1300. The van der Waals surface area contributed by atoms with Crippen molar-refractivity contribution in [3.8, 4) is 11.3 Å². The van der Waals surface area contributed by atoms with E-state index in [0.717, 1.165) is 4.90 Å². The van der Waals surface area contributed by atoms with Crippen LogP contribution in [0.25, 0.3) is 17.4 Å². The van der Waals surface area contributed by atoms with Crippen LogP contribution in [-0.4, -0.2) is 30.4 Å². The molecule has 0 unspecified atom stereocenters. The Kier molecular flexibility index (Phi) is 6.10. The smallest absolute Gasteiger partial charge is 0.339 e. The number of esters is 1. The van der Waals surface area contributed by atoms with E-state index in [-0.39, 0.29) is 28.5 Å². The summed E-state index contributed by atoms with van der Waals surface area (Å²) in [5.41, 5.74) is 0.799. The highest BCUT2D eigenvalue weighted by Crippen LogP contribution is 2.29. The van der Waals surface area contributed by atoms with E-state index in [1.165, 1.54) is 12.1 Å². The molecule has 0 radical (unpaired) electrons. The van der Waals surface area contributed by atoms with E-state index in [2.05, 4.69) is 5.32 Å². The molecule has 2 aromatic carbocycles. The molecule has 0 spiro atoms. The van der Waals surface area contributed by atoms with E-state index in [4.69, 9.17) is 20.8 Å². The highest BCUT2D eigenvalue weighted by Gasteiger charge is 2.37.